The van der Waals surface area contributed by atoms with E-state index < -0.39 is 12.1 Å². The van der Waals surface area contributed by atoms with Crippen LogP contribution < -0.4 is 0 Å². The van der Waals surface area contributed by atoms with E-state index in [0.717, 1.165) is 30.8 Å². The van der Waals surface area contributed by atoms with Gasteiger partial charge in [-0.15, -0.1) is 11.8 Å². The van der Waals surface area contributed by atoms with Crippen LogP contribution in [0.4, 0.5) is 13.2 Å². The van der Waals surface area contributed by atoms with Gasteiger partial charge >= 0.3 is 12.1 Å². The summed E-state index contributed by atoms with van der Waals surface area (Å²) in [6.45, 7) is 4.97. The molecule has 2 aliphatic rings. The third kappa shape index (κ3) is 7.16. The fourth-order valence-electron chi connectivity index (χ4n) is 2.93. The number of likely N-dealkylation sites (tertiary alicyclic amines) is 1. The maximum atomic E-state index is 11.9. The number of carbonyl (C=O) groups is 2. The average Bonchev–Trinajstić information content (AvgIpc) is 3.08. The molecular weight excluding hydrogens is 413 g/mol. The highest BCUT2D eigenvalue weighted by Crippen LogP contribution is 2.46. The summed E-state index contributed by atoms with van der Waals surface area (Å²) in [5, 5.41) is 7.12. The maximum absolute atomic E-state index is 11.9. The minimum atomic E-state index is -5.08. The molecule has 1 unspecified atom stereocenters. The molecule has 0 aliphatic carbocycles. The Kier molecular flexibility index (Phi) is 8.29. The van der Waals surface area contributed by atoms with Crippen LogP contribution in [-0.4, -0.2) is 76.0 Å². The third-order valence-corrected chi connectivity index (χ3v) is 5.94. The maximum Gasteiger partial charge on any atom is 0.490 e. The van der Waals surface area contributed by atoms with Crippen LogP contribution in [0.2, 0.25) is 0 Å². The number of carboxylic acids is 1. The van der Waals surface area contributed by atoms with Crippen LogP contribution in [0, 0.1) is 0 Å². The number of ether oxygens (including phenoxy) is 2. The number of nitrogens with zero attached hydrogens (tertiary/aromatic N) is 2. The zero-order valence-electron chi connectivity index (χ0n) is 15.9. The smallest absolute Gasteiger partial charge is 0.475 e. The van der Waals surface area contributed by atoms with E-state index in [1.165, 1.54) is 0 Å². The van der Waals surface area contributed by atoms with Crippen molar-refractivity contribution in [3.8, 4) is 0 Å². The second kappa shape index (κ2) is 10.3. The van der Waals surface area contributed by atoms with E-state index in [1.807, 2.05) is 41.9 Å². The van der Waals surface area contributed by atoms with Gasteiger partial charge in [-0.3, -0.25) is 9.78 Å². The first-order valence-electron chi connectivity index (χ1n) is 8.95. The van der Waals surface area contributed by atoms with Crippen LogP contribution in [0.5, 0.6) is 0 Å². The molecule has 3 heterocycles. The average molecular weight is 436 g/mol. The normalized spacial score (nSPS) is 20.0. The lowest BCUT2D eigenvalue weighted by Gasteiger charge is -2.47. The van der Waals surface area contributed by atoms with Crippen molar-refractivity contribution in [3.63, 3.8) is 0 Å². The summed E-state index contributed by atoms with van der Waals surface area (Å²) in [7, 11) is 0. The van der Waals surface area contributed by atoms with E-state index in [1.54, 1.807) is 6.20 Å². The summed E-state index contributed by atoms with van der Waals surface area (Å²) >= 11 is 1.94. The number of rotatable bonds is 6. The minimum Gasteiger partial charge on any atom is -0.475 e. The molecule has 1 spiro atoms. The van der Waals surface area contributed by atoms with Crippen LogP contribution in [0.3, 0.4) is 0 Å². The van der Waals surface area contributed by atoms with Gasteiger partial charge in [0.25, 0.3) is 0 Å². The van der Waals surface area contributed by atoms with E-state index in [0.29, 0.717) is 13.2 Å². The van der Waals surface area contributed by atoms with E-state index in [2.05, 4.69) is 4.98 Å². The van der Waals surface area contributed by atoms with Crippen LogP contribution in [0.1, 0.15) is 18.9 Å². The van der Waals surface area contributed by atoms with Gasteiger partial charge in [-0.1, -0.05) is 6.07 Å². The van der Waals surface area contributed by atoms with Crippen molar-refractivity contribution in [2.75, 3.05) is 32.1 Å². The van der Waals surface area contributed by atoms with Gasteiger partial charge in [0.15, 0.2) is 0 Å². The van der Waals surface area contributed by atoms with Crippen LogP contribution >= 0.6 is 11.8 Å². The molecule has 1 aromatic heterocycles. The Morgan fingerprint density at radius 3 is 2.66 bits per heavy atom. The Balaban J connectivity index is 0.000000370. The molecule has 2 saturated heterocycles. The first-order valence-corrected chi connectivity index (χ1v) is 9.94. The van der Waals surface area contributed by atoms with Crippen molar-refractivity contribution >= 4 is 23.6 Å². The molecule has 1 atom stereocenters. The standard InChI is InChI=1S/C16H22N2O3S.C2HF3O2/c1-2-20-9-15(19)18-11-16(12-18)6-14(10-22-16)21-8-13-4-3-5-17-7-13;3-2(4,5)1(6)7/h3-5,7,14H,2,6,8-12H2,1H3;(H,6,7). The monoisotopic (exact) mass is 436 g/mol. The lowest BCUT2D eigenvalue weighted by atomic mass is 9.93. The Labute approximate surface area is 170 Å². The lowest BCUT2D eigenvalue weighted by Crippen LogP contribution is -2.61. The predicted molar refractivity (Wildman–Crippen MR) is 99.4 cm³/mol. The Bertz CT molecular complexity index is 684. The van der Waals surface area contributed by atoms with Crippen molar-refractivity contribution < 1.29 is 37.3 Å². The molecule has 2 aliphatic heterocycles. The van der Waals surface area contributed by atoms with Crippen molar-refractivity contribution in [2.24, 2.45) is 0 Å². The summed E-state index contributed by atoms with van der Waals surface area (Å²) in [4.78, 5) is 26.8. The number of thioether (sulfide) groups is 1. The number of alkyl halides is 3. The van der Waals surface area contributed by atoms with E-state index in [-0.39, 0.29) is 23.4 Å². The van der Waals surface area contributed by atoms with Gasteiger partial charge in [-0.2, -0.15) is 13.2 Å². The SMILES string of the molecule is CCOCC(=O)N1CC2(CC(OCc3cccnc3)CS2)C1.O=C(O)C(F)(F)F. The fourth-order valence-corrected chi connectivity index (χ4v) is 4.49. The summed E-state index contributed by atoms with van der Waals surface area (Å²) in [6, 6.07) is 3.96. The number of hydrogen-bond donors (Lipinski definition) is 1. The van der Waals surface area contributed by atoms with Gasteiger partial charge in [0.2, 0.25) is 5.91 Å². The molecule has 7 nitrogen and oxygen atoms in total. The van der Waals surface area contributed by atoms with Gasteiger partial charge < -0.3 is 19.5 Å². The largest absolute Gasteiger partial charge is 0.490 e. The highest BCUT2D eigenvalue weighted by molar-refractivity contribution is 8.01. The Hall–Kier alpha value is -1.85. The summed E-state index contributed by atoms with van der Waals surface area (Å²) < 4.78 is 43.1. The molecule has 2 fully saturated rings. The Morgan fingerprint density at radius 2 is 2.10 bits per heavy atom. The second-order valence-electron chi connectivity index (χ2n) is 6.68. The number of pyridine rings is 1. The van der Waals surface area contributed by atoms with Crippen molar-refractivity contribution in [1.29, 1.82) is 0 Å². The molecule has 162 valence electrons. The highest BCUT2D eigenvalue weighted by atomic mass is 32.2. The molecule has 3 rings (SSSR count). The zero-order valence-corrected chi connectivity index (χ0v) is 16.7. The first-order chi connectivity index (χ1) is 13.6. The lowest BCUT2D eigenvalue weighted by molar-refractivity contribution is -0.192. The van der Waals surface area contributed by atoms with E-state index in [4.69, 9.17) is 19.4 Å². The van der Waals surface area contributed by atoms with Crippen molar-refractivity contribution in [1.82, 2.24) is 9.88 Å². The molecule has 1 aromatic rings. The van der Waals surface area contributed by atoms with Crippen molar-refractivity contribution in [3.05, 3.63) is 30.1 Å². The van der Waals surface area contributed by atoms with Gasteiger partial charge in [0.05, 0.1) is 17.5 Å². The molecule has 1 N–H and O–H groups in total. The molecule has 29 heavy (non-hydrogen) atoms. The number of carbonyl (C=O) groups excluding carboxylic acids is 1. The third-order valence-electron chi connectivity index (χ3n) is 4.37. The minimum absolute atomic E-state index is 0.104. The topological polar surface area (TPSA) is 89.0 Å². The number of aliphatic carboxylic acids is 1. The molecule has 0 bridgehead atoms. The number of aromatic nitrogens is 1. The van der Waals surface area contributed by atoms with Crippen LogP contribution in [-0.2, 0) is 25.7 Å². The van der Waals surface area contributed by atoms with Crippen LogP contribution in [0.25, 0.3) is 0 Å². The fraction of sp³-hybridized carbons (Fsp3) is 0.611. The quantitative estimate of drug-likeness (QED) is 0.732. The number of amides is 1. The summed E-state index contributed by atoms with van der Waals surface area (Å²) in [5.74, 6) is -1.64. The summed E-state index contributed by atoms with van der Waals surface area (Å²) in [5.41, 5.74) is 1.11. The van der Waals surface area contributed by atoms with E-state index in [9.17, 15) is 18.0 Å². The van der Waals surface area contributed by atoms with Crippen molar-refractivity contribution in [2.45, 2.75) is 37.0 Å². The molecule has 11 heteroatoms. The first kappa shape index (κ1) is 23.4. The molecule has 0 radical (unpaired) electrons. The van der Waals surface area contributed by atoms with Gasteiger partial charge in [0, 0.05) is 37.8 Å². The second-order valence-corrected chi connectivity index (χ2v) is 8.17. The molecule has 0 saturated carbocycles. The molecule has 0 aromatic carbocycles. The van der Waals surface area contributed by atoms with Crippen LogP contribution in [0.15, 0.2) is 24.5 Å². The highest BCUT2D eigenvalue weighted by Gasteiger charge is 2.50. The predicted octanol–water partition coefficient (Wildman–Crippen LogP) is 2.35. The number of carboxylic acid groups (broad SMARTS) is 1. The molecular formula is C18H23F3N2O5S. The van der Waals surface area contributed by atoms with Gasteiger partial charge in [0.1, 0.15) is 6.61 Å². The number of halogens is 3. The number of hydrogen-bond acceptors (Lipinski definition) is 6. The molecule has 1 amide bonds. The zero-order chi connectivity index (χ0) is 21.5. The van der Waals surface area contributed by atoms with Gasteiger partial charge in [-0.25, -0.2) is 4.79 Å². The van der Waals surface area contributed by atoms with E-state index >= 15 is 0 Å². The van der Waals surface area contributed by atoms with Gasteiger partial charge in [-0.05, 0) is 25.0 Å². The Morgan fingerprint density at radius 1 is 1.41 bits per heavy atom. The summed E-state index contributed by atoms with van der Waals surface area (Å²) in [6.07, 6.45) is -0.174.